The molecule has 1 rings (SSSR count). The van der Waals surface area contributed by atoms with E-state index in [2.05, 4.69) is 43.4 Å². The molecule has 0 fully saturated rings. The van der Waals surface area contributed by atoms with Crippen LogP contribution in [0.1, 0.15) is 36.7 Å². The van der Waals surface area contributed by atoms with Gasteiger partial charge in [-0.3, -0.25) is 4.79 Å². The van der Waals surface area contributed by atoms with Crippen molar-refractivity contribution in [3.8, 4) is 0 Å². The van der Waals surface area contributed by atoms with E-state index in [-0.39, 0.29) is 5.41 Å². The summed E-state index contributed by atoms with van der Waals surface area (Å²) in [6.45, 7) is 6.34. The summed E-state index contributed by atoms with van der Waals surface area (Å²) in [5.41, 5.74) is 1.75. The number of aldehydes is 1. The van der Waals surface area contributed by atoms with Crippen molar-refractivity contribution in [1.82, 2.24) is 0 Å². The smallest absolute Gasteiger partial charge is 0.151 e. The van der Waals surface area contributed by atoms with Crippen molar-refractivity contribution in [2.24, 2.45) is 0 Å². The highest BCUT2D eigenvalue weighted by atomic mass is 127. The van der Waals surface area contributed by atoms with Gasteiger partial charge in [0.15, 0.2) is 6.29 Å². The lowest BCUT2D eigenvalue weighted by atomic mass is 9.86. The van der Waals surface area contributed by atoms with Gasteiger partial charge in [-0.1, -0.05) is 32.4 Å². The molecule has 0 N–H and O–H groups in total. The summed E-state index contributed by atoms with van der Waals surface area (Å²) in [5.74, 6) is 0. The van der Waals surface area contributed by atoms with Crippen LogP contribution in [0.5, 0.6) is 0 Å². The fourth-order valence-electron chi connectivity index (χ4n) is 1.13. The zero-order valence-corrected chi connectivity index (χ0v) is 11.3. The maximum absolute atomic E-state index is 10.8. The van der Waals surface area contributed by atoms with Gasteiger partial charge in [0.05, 0.1) is 5.02 Å². The van der Waals surface area contributed by atoms with Crippen molar-refractivity contribution in [3.63, 3.8) is 0 Å². The third-order valence-corrected chi connectivity index (χ3v) is 3.64. The van der Waals surface area contributed by atoms with Crippen LogP contribution in [0.2, 0.25) is 5.02 Å². The molecule has 3 heteroatoms. The number of rotatable bonds is 1. The van der Waals surface area contributed by atoms with Crippen LogP contribution >= 0.6 is 34.2 Å². The van der Waals surface area contributed by atoms with Gasteiger partial charge < -0.3 is 0 Å². The molecule has 14 heavy (non-hydrogen) atoms. The van der Waals surface area contributed by atoms with Crippen LogP contribution in [0, 0.1) is 3.57 Å². The Bertz CT molecular complexity index is 366. The van der Waals surface area contributed by atoms with Crippen LogP contribution < -0.4 is 0 Å². The summed E-state index contributed by atoms with van der Waals surface area (Å²) in [7, 11) is 0. The van der Waals surface area contributed by atoms with Crippen molar-refractivity contribution >= 4 is 40.5 Å². The molecule has 0 amide bonds. The van der Waals surface area contributed by atoms with E-state index in [1.807, 2.05) is 12.1 Å². The predicted molar refractivity (Wildman–Crippen MR) is 68.3 cm³/mol. The lowest BCUT2D eigenvalue weighted by molar-refractivity contribution is 0.112. The summed E-state index contributed by atoms with van der Waals surface area (Å²) >= 11 is 8.12. The van der Waals surface area contributed by atoms with Crippen molar-refractivity contribution in [3.05, 3.63) is 31.9 Å². The van der Waals surface area contributed by atoms with Gasteiger partial charge in [0.2, 0.25) is 0 Å². The average Bonchev–Trinajstić information content (AvgIpc) is 2.07. The maximum Gasteiger partial charge on any atom is 0.151 e. The molecular formula is C11H12ClIO. The molecule has 1 aromatic carbocycles. The molecule has 76 valence electrons. The maximum atomic E-state index is 10.8. The first-order valence-corrected chi connectivity index (χ1v) is 5.76. The molecule has 0 bridgehead atoms. The third-order valence-electron chi connectivity index (χ3n) is 2.05. The van der Waals surface area contributed by atoms with Gasteiger partial charge >= 0.3 is 0 Å². The Morgan fingerprint density at radius 3 is 2.36 bits per heavy atom. The molecule has 0 radical (unpaired) electrons. The Morgan fingerprint density at radius 1 is 1.36 bits per heavy atom. The monoisotopic (exact) mass is 322 g/mol. The molecule has 1 nitrogen and oxygen atoms in total. The quantitative estimate of drug-likeness (QED) is 0.563. The topological polar surface area (TPSA) is 17.1 Å². The highest BCUT2D eigenvalue weighted by molar-refractivity contribution is 14.1. The Labute approximate surface area is 103 Å². The minimum absolute atomic E-state index is 0.0439. The highest BCUT2D eigenvalue weighted by Crippen LogP contribution is 2.30. The number of carbonyl (C=O) groups excluding carboxylic acids is 1. The molecule has 0 heterocycles. The van der Waals surface area contributed by atoms with Crippen LogP contribution in [0.25, 0.3) is 0 Å². The van der Waals surface area contributed by atoms with Crippen molar-refractivity contribution in [2.75, 3.05) is 0 Å². The van der Waals surface area contributed by atoms with Gasteiger partial charge in [0.1, 0.15) is 0 Å². The Hall–Kier alpha value is -0.0900. The summed E-state index contributed by atoms with van der Waals surface area (Å²) < 4.78 is 0.929. The second-order valence-corrected chi connectivity index (χ2v) is 5.77. The highest BCUT2D eigenvalue weighted by Gasteiger charge is 2.16. The van der Waals surface area contributed by atoms with Gasteiger partial charge in [-0.05, 0) is 45.7 Å². The first-order chi connectivity index (χ1) is 6.36. The van der Waals surface area contributed by atoms with Gasteiger partial charge in [-0.25, -0.2) is 0 Å². The Morgan fingerprint density at radius 2 is 1.93 bits per heavy atom. The van der Waals surface area contributed by atoms with Gasteiger partial charge in [-0.2, -0.15) is 0 Å². The second kappa shape index (κ2) is 4.19. The molecule has 0 aromatic heterocycles. The van der Waals surface area contributed by atoms with Crippen LogP contribution in [-0.2, 0) is 5.41 Å². The first-order valence-electron chi connectivity index (χ1n) is 4.31. The van der Waals surface area contributed by atoms with Gasteiger partial charge in [-0.15, -0.1) is 0 Å². The zero-order chi connectivity index (χ0) is 10.9. The van der Waals surface area contributed by atoms with E-state index >= 15 is 0 Å². The van der Waals surface area contributed by atoms with E-state index in [1.54, 1.807) is 0 Å². The Kier molecular flexibility index (Phi) is 3.58. The molecule has 0 aliphatic heterocycles. The molecule has 0 aliphatic rings. The van der Waals surface area contributed by atoms with Crippen LogP contribution in [0.3, 0.4) is 0 Å². The van der Waals surface area contributed by atoms with Gasteiger partial charge in [0.25, 0.3) is 0 Å². The number of hydrogen-bond donors (Lipinski definition) is 0. The van der Waals surface area contributed by atoms with Crippen LogP contribution in [0.15, 0.2) is 12.1 Å². The van der Waals surface area contributed by atoms with E-state index in [0.29, 0.717) is 10.6 Å². The fraction of sp³-hybridized carbons (Fsp3) is 0.364. The van der Waals surface area contributed by atoms with E-state index in [9.17, 15) is 4.79 Å². The van der Waals surface area contributed by atoms with Crippen molar-refractivity contribution < 1.29 is 4.79 Å². The van der Waals surface area contributed by atoms with E-state index in [4.69, 9.17) is 11.6 Å². The van der Waals surface area contributed by atoms with E-state index in [1.165, 1.54) is 0 Å². The molecule has 0 unspecified atom stereocenters. The summed E-state index contributed by atoms with van der Waals surface area (Å²) in [4.78, 5) is 10.8. The summed E-state index contributed by atoms with van der Waals surface area (Å²) in [6, 6.07) is 3.88. The molecule has 1 aromatic rings. The lowest BCUT2D eigenvalue weighted by Crippen LogP contribution is -2.12. The number of carbonyl (C=O) groups is 1. The van der Waals surface area contributed by atoms with E-state index < -0.39 is 0 Å². The summed E-state index contributed by atoms with van der Waals surface area (Å²) in [6.07, 6.45) is 0.805. The van der Waals surface area contributed by atoms with Crippen LogP contribution in [-0.4, -0.2) is 6.29 Å². The zero-order valence-electron chi connectivity index (χ0n) is 8.40. The lowest BCUT2D eigenvalue weighted by Gasteiger charge is -2.20. The van der Waals surface area contributed by atoms with Crippen LogP contribution in [0.4, 0.5) is 0 Å². The molecular weight excluding hydrogens is 310 g/mol. The minimum Gasteiger partial charge on any atom is -0.298 e. The minimum atomic E-state index is 0.0439. The van der Waals surface area contributed by atoms with E-state index in [0.717, 1.165) is 15.4 Å². The first kappa shape index (κ1) is 12.0. The van der Waals surface area contributed by atoms with Gasteiger partial charge in [0, 0.05) is 9.13 Å². The SMILES string of the molecule is CC(C)(C)c1cc(I)c(Cl)c(C=O)c1. The predicted octanol–water partition coefficient (Wildman–Crippen LogP) is 4.05. The summed E-state index contributed by atoms with van der Waals surface area (Å²) in [5, 5.41) is 0.550. The van der Waals surface area contributed by atoms with Crippen molar-refractivity contribution in [2.45, 2.75) is 26.2 Å². The molecule has 0 spiro atoms. The average molecular weight is 323 g/mol. The molecule has 0 aliphatic carbocycles. The third kappa shape index (κ3) is 2.48. The molecule has 0 saturated carbocycles. The molecule has 0 saturated heterocycles. The number of benzene rings is 1. The normalized spacial score (nSPS) is 11.5. The number of halogens is 2. The largest absolute Gasteiger partial charge is 0.298 e. The number of hydrogen-bond acceptors (Lipinski definition) is 1. The standard InChI is InChI=1S/C11H12ClIO/c1-11(2,3)8-4-7(6-14)10(12)9(13)5-8/h4-6H,1-3H3. The molecule has 0 atom stereocenters. The fourth-order valence-corrected chi connectivity index (χ4v) is 1.93. The Balaban J connectivity index is 3.37. The second-order valence-electron chi connectivity index (χ2n) is 4.23. The van der Waals surface area contributed by atoms with Crippen molar-refractivity contribution in [1.29, 1.82) is 0 Å².